The molecule has 1 aliphatic heterocycles. The lowest BCUT2D eigenvalue weighted by atomic mass is 9.83. The number of nitrogens with zero attached hydrogens (tertiary/aromatic N) is 3. The highest BCUT2D eigenvalue weighted by atomic mass is 79.9. The molecule has 5 rings (SSSR count). The average molecular weight is 634 g/mol. The van der Waals surface area contributed by atoms with E-state index >= 15 is 0 Å². The van der Waals surface area contributed by atoms with E-state index in [9.17, 15) is 15.3 Å². The number of hydrogen-bond acceptors (Lipinski definition) is 9. The van der Waals surface area contributed by atoms with Crippen molar-refractivity contribution in [2.45, 2.75) is 43.6 Å². The van der Waals surface area contributed by atoms with Crippen molar-refractivity contribution < 1.29 is 14.3 Å². The second-order valence-electron chi connectivity index (χ2n) is 9.18. The van der Waals surface area contributed by atoms with Gasteiger partial charge in [-0.15, -0.1) is 11.3 Å². The van der Waals surface area contributed by atoms with Crippen LogP contribution in [0.2, 0.25) is 0 Å². The minimum absolute atomic E-state index is 0.0647. The normalized spacial score (nSPS) is 16.6. The van der Waals surface area contributed by atoms with Gasteiger partial charge in [0.2, 0.25) is 5.88 Å². The number of carbonyl (C=O) groups is 1. The second-order valence-corrected chi connectivity index (χ2v) is 11.9. The topological polar surface area (TPSA) is 122 Å². The van der Waals surface area contributed by atoms with Gasteiger partial charge in [0.05, 0.1) is 29.4 Å². The third-order valence-electron chi connectivity index (χ3n) is 6.87. The van der Waals surface area contributed by atoms with Gasteiger partial charge in [0.25, 0.3) is 0 Å². The molecular formula is C30H25BrN4O3S2. The minimum atomic E-state index is -0.780. The Morgan fingerprint density at radius 1 is 1.23 bits per heavy atom. The number of aromatic nitrogens is 1. The van der Waals surface area contributed by atoms with Crippen LogP contribution >= 0.6 is 39.0 Å². The summed E-state index contributed by atoms with van der Waals surface area (Å²) in [5, 5.41) is 22.9. The summed E-state index contributed by atoms with van der Waals surface area (Å²) < 4.78 is 12.1. The van der Waals surface area contributed by atoms with Crippen molar-refractivity contribution in [2.75, 3.05) is 12.4 Å². The molecule has 0 spiro atoms. The number of aryl methyl sites for hydroxylation is 1. The van der Waals surface area contributed by atoms with Crippen LogP contribution in [0.15, 0.2) is 74.1 Å². The highest BCUT2D eigenvalue weighted by Gasteiger charge is 2.38. The average Bonchev–Trinajstić information content (AvgIpc) is 3.50. The summed E-state index contributed by atoms with van der Waals surface area (Å²) in [6.45, 7) is 1.88. The fourth-order valence-electron chi connectivity index (χ4n) is 5.13. The summed E-state index contributed by atoms with van der Waals surface area (Å²) in [4.78, 5) is 19.4. The SMILES string of the molecule is CCOC(=O)C1=C(CSc2nc3c(c(-c4cccs4)c2C#N)CCCC3)OC(N)=C(C#N)[C@@H]1c1ccccc1Br. The monoisotopic (exact) mass is 632 g/mol. The van der Waals surface area contributed by atoms with Crippen LogP contribution in [0.25, 0.3) is 10.4 Å². The lowest BCUT2D eigenvalue weighted by molar-refractivity contribution is -0.139. The molecule has 1 aliphatic carbocycles. The summed E-state index contributed by atoms with van der Waals surface area (Å²) >= 11 is 6.49. The molecule has 202 valence electrons. The van der Waals surface area contributed by atoms with Crippen LogP contribution in [0.4, 0.5) is 0 Å². The number of pyridine rings is 1. The summed E-state index contributed by atoms with van der Waals surface area (Å²) in [5.41, 5.74) is 10.9. The van der Waals surface area contributed by atoms with Gasteiger partial charge in [0.15, 0.2) is 0 Å². The van der Waals surface area contributed by atoms with Crippen molar-refractivity contribution in [2.24, 2.45) is 5.73 Å². The smallest absolute Gasteiger partial charge is 0.338 e. The Labute approximate surface area is 249 Å². The van der Waals surface area contributed by atoms with Crippen molar-refractivity contribution in [3.8, 4) is 22.6 Å². The van der Waals surface area contributed by atoms with Crippen LogP contribution in [0, 0.1) is 22.7 Å². The molecule has 0 saturated carbocycles. The molecule has 0 bridgehead atoms. The molecule has 0 radical (unpaired) electrons. The summed E-state index contributed by atoms with van der Waals surface area (Å²) in [5.74, 6) is -0.986. The number of fused-ring (bicyclic) bond motifs is 1. The zero-order chi connectivity index (χ0) is 28.2. The zero-order valence-electron chi connectivity index (χ0n) is 21.7. The molecule has 2 N–H and O–H groups in total. The minimum Gasteiger partial charge on any atom is -0.463 e. The number of thiophene rings is 1. The standard InChI is InChI=1S/C30H25BrN4O3S2/c1-2-37-30(36)27-23(38-28(34)19(14-32)26(27)17-8-3-5-10-21(17)31)16-40-29-20(15-33)25(24-12-7-13-39-24)18-9-4-6-11-22(18)35-29/h3,5,7-8,10,12-13,26H,2,4,6,9,11,16,34H2,1H3/t26-/m0/s1. The Balaban J connectivity index is 1.62. The summed E-state index contributed by atoms with van der Waals surface area (Å²) in [6.07, 6.45) is 3.86. The molecule has 2 aliphatic rings. The number of benzene rings is 1. The number of hydrogen-bond donors (Lipinski definition) is 1. The van der Waals surface area contributed by atoms with E-state index in [-0.39, 0.29) is 35.1 Å². The van der Waals surface area contributed by atoms with Gasteiger partial charge in [-0.2, -0.15) is 10.5 Å². The first kappa shape index (κ1) is 28.0. The van der Waals surface area contributed by atoms with Gasteiger partial charge in [-0.05, 0) is 61.2 Å². The molecule has 40 heavy (non-hydrogen) atoms. The van der Waals surface area contributed by atoms with Crippen LogP contribution in [0.5, 0.6) is 0 Å². The van der Waals surface area contributed by atoms with Gasteiger partial charge < -0.3 is 15.2 Å². The van der Waals surface area contributed by atoms with Gasteiger partial charge in [-0.3, -0.25) is 0 Å². The predicted octanol–water partition coefficient (Wildman–Crippen LogP) is 6.74. The van der Waals surface area contributed by atoms with Crippen LogP contribution in [0.1, 0.15) is 48.1 Å². The molecule has 10 heteroatoms. The van der Waals surface area contributed by atoms with Crippen LogP contribution < -0.4 is 5.73 Å². The number of carbonyl (C=O) groups excluding carboxylic acids is 1. The van der Waals surface area contributed by atoms with E-state index in [1.165, 1.54) is 11.8 Å². The van der Waals surface area contributed by atoms with E-state index < -0.39 is 11.9 Å². The zero-order valence-corrected chi connectivity index (χ0v) is 24.9. The molecular weight excluding hydrogens is 608 g/mol. The van der Waals surface area contributed by atoms with Crippen molar-refractivity contribution in [3.63, 3.8) is 0 Å². The Hall–Kier alpha value is -3.57. The number of esters is 1. The molecule has 0 fully saturated rings. The third-order valence-corrected chi connectivity index (χ3v) is 9.45. The lowest BCUT2D eigenvalue weighted by Crippen LogP contribution is -2.27. The fourth-order valence-corrected chi connectivity index (χ4v) is 7.40. The van der Waals surface area contributed by atoms with E-state index in [1.54, 1.807) is 18.3 Å². The van der Waals surface area contributed by atoms with Gasteiger partial charge in [-0.1, -0.05) is 52.0 Å². The Morgan fingerprint density at radius 2 is 2.02 bits per heavy atom. The first-order valence-electron chi connectivity index (χ1n) is 12.8. The first-order chi connectivity index (χ1) is 19.5. The van der Waals surface area contributed by atoms with Gasteiger partial charge in [0, 0.05) is 20.6 Å². The third kappa shape index (κ3) is 5.27. The van der Waals surface area contributed by atoms with E-state index in [0.717, 1.165) is 51.9 Å². The number of rotatable bonds is 7. The summed E-state index contributed by atoms with van der Waals surface area (Å²) in [7, 11) is 0. The Morgan fingerprint density at radius 3 is 2.73 bits per heavy atom. The molecule has 7 nitrogen and oxygen atoms in total. The number of ether oxygens (including phenoxy) is 2. The van der Waals surface area contributed by atoms with E-state index in [0.29, 0.717) is 16.2 Å². The fraction of sp³-hybridized carbons (Fsp3) is 0.267. The Bertz CT molecular complexity index is 1620. The number of nitrogens with two attached hydrogens (primary N) is 1. The molecule has 3 aromatic rings. The maximum atomic E-state index is 13.4. The Kier molecular flexibility index (Phi) is 8.60. The van der Waals surface area contributed by atoms with E-state index in [2.05, 4.69) is 28.1 Å². The number of halogens is 1. The quantitative estimate of drug-likeness (QED) is 0.224. The highest BCUT2D eigenvalue weighted by molar-refractivity contribution is 9.10. The van der Waals surface area contributed by atoms with Gasteiger partial charge >= 0.3 is 5.97 Å². The first-order valence-corrected chi connectivity index (χ1v) is 15.5. The molecule has 3 heterocycles. The summed E-state index contributed by atoms with van der Waals surface area (Å²) in [6, 6.07) is 15.9. The largest absolute Gasteiger partial charge is 0.463 e. The van der Waals surface area contributed by atoms with Crippen molar-refractivity contribution in [3.05, 3.63) is 91.4 Å². The van der Waals surface area contributed by atoms with Crippen LogP contribution in [-0.2, 0) is 27.1 Å². The maximum Gasteiger partial charge on any atom is 0.338 e. The lowest BCUT2D eigenvalue weighted by Gasteiger charge is -2.28. The number of thioether (sulfide) groups is 1. The number of allylic oxidation sites excluding steroid dienone is 1. The predicted molar refractivity (Wildman–Crippen MR) is 158 cm³/mol. The highest BCUT2D eigenvalue weighted by Crippen LogP contribution is 2.44. The van der Waals surface area contributed by atoms with Crippen molar-refractivity contribution in [1.82, 2.24) is 4.98 Å². The molecule has 1 aromatic carbocycles. The molecule has 0 saturated heterocycles. The molecule has 0 amide bonds. The second kappa shape index (κ2) is 12.3. The van der Waals surface area contributed by atoms with Crippen LogP contribution in [-0.4, -0.2) is 23.3 Å². The maximum absolute atomic E-state index is 13.4. The van der Waals surface area contributed by atoms with E-state index in [4.69, 9.17) is 20.2 Å². The molecule has 2 aromatic heterocycles. The van der Waals surface area contributed by atoms with Crippen molar-refractivity contribution in [1.29, 1.82) is 10.5 Å². The van der Waals surface area contributed by atoms with Gasteiger partial charge in [0.1, 0.15) is 28.5 Å². The van der Waals surface area contributed by atoms with E-state index in [1.807, 2.05) is 41.8 Å². The van der Waals surface area contributed by atoms with Crippen LogP contribution in [0.3, 0.4) is 0 Å². The molecule has 1 atom stereocenters. The number of nitriles is 2. The van der Waals surface area contributed by atoms with Gasteiger partial charge in [-0.25, -0.2) is 9.78 Å². The molecule has 0 unspecified atom stereocenters. The van der Waals surface area contributed by atoms with Crippen molar-refractivity contribution >= 4 is 45.0 Å².